The quantitative estimate of drug-likeness (QED) is 0.141. The minimum Gasteiger partial charge on any atom is -0.478 e. The third-order valence-electron chi connectivity index (χ3n) is 5.05. The molecule has 3 heteroatoms. The van der Waals surface area contributed by atoms with Gasteiger partial charge in [-0.2, -0.15) is 5.26 Å². The molecule has 0 rings (SSSR count). The predicted molar refractivity (Wildman–Crippen MR) is 126 cm³/mol. The molecule has 0 aromatic rings. The highest BCUT2D eigenvalue weighted by molar-refractivity contribution is 5.84. The number of rotatable bonds is 18. The second kappa shape index (κ2) is 24.5. The van der Waals surface area contributed by atoms with Crippen LogP contribution in [-0.2, 0) is 4.79 Å². The Morgan fingerprint density at radius 1 is 0.793 bits per heavy atom. The summed E-state index contributed by atoms with van der Waals surface area (Å²) in [5.74, 6) is -0.935. The summed E-state index contributed by atoms with van der Waals surface area (Å²) in [5, 5.41) is 16.5. The van der Waals surface area contributed by atoms with Crippen molar-refractivity contribution in [2.75, 3.05) is 0 Å². The summed E-state index contributed by atoms with van der Waals surface area (Å²) in [7, 11) is 0. The van der Waals surface area contributed by atoms with E-state index in [9.17, 15) is 4.79 Å². The van der Waals surface area contributed by atoms with Crippen molar-refractivity contribution >= 4 is 5.97 Å². The molecule has 168 valence electrons. The topological polar surface area (TPSA) is 61.1 Å². The third-order valence-corrected chi connectivity index (χ3v) is 5.05. The lowest BCUT2D eigenvalue weighted by atomic mass is 10.0. The zero-order valence-electron chi connectivity index (χ0n) is 19.6. The Kier molecular flexibility index (Phi) is 25.0. The number of carboxylic acids is 1. The summed E-state index contributed by atoms with van der Waals surface area (Å²) in [4.78, 5) is 9.60. The van der Waals surface area contributed by atoms with Gasteiger partial charge in [-0.25, -0.2) is 4.79 Å². The van der Waals surface area contributed by atoms with E-state index >= 15 is 0 Å². The largest absolute Gasteiger partial charge is 0.478 e. The number of allylic oxidation sites excluding steroid dienone is 2. The van der Waals surface area contributed by atoms with Gasteiger partial charge < -0.3 is 5.11 Å². The highest BCUT2D eigenvalue weighted by Crippen LogP contribution is 2.14. The first kappa shape index (κ1) is 29.6. The molecule has 0 atom stereocenters. The van der Waals surface area contributed by atoms with Gasteiger partial charge in [0.15, 0.2) is 0 Å². The van der Waals surface area contributed by atoms with Crippen LogP contribution >= 0.6 is 0 Å². The molecule has 0 heterocycles. The van der Waals surface area contributed by atoms with Gasteiger partial charge in [-0.3, -0.25) is 0 Å². The van der Waals surface area contributed by atoms with Crippen LogP contribution in [0.2, 0.25) is 0 Å². The molecule has 0 aliphatic rings. The van der Waals surface area contributed by atoms with E-state index in [0.29, 0.717) is 0 Å². The lowest BCUT2D eigenvalue weighted by Crippen LogP contribution is -1.92. The van der Waals surface area contributed by atoms with Crippen LogP contribution in [0.15, 0.2) is 23.8 Å². The fourth-order valence-corrected chi connectivity index (χ4v) is 3.06. The molecule has 0 saturated carbocycles. The Labute approximate surface area is 181 Å². The van der Waals surface area contributed by atoms with Crippen LogP contribution in [0.1, 0.15) is 130 Å². The molecule has 0 aliphatic heterocycles. The maximum atomic E-state index is 9.60. The molecule has 0 amide bonds. The standard InChI is InChI=1S/C22H41N.C4H6O2/c1-3-4-5-6-7-8-9-10-11-12-13-14-15-16-17-18-19-20-22(2)21-23;1-3(2)4(5)6/h20H,3-19H2,1-2H3;1H2,2H3,(H,5,6). The Morgan fingerprint density at radius 3 is 1.38 bits per heavy atom. The molecule has 1 N–H and O–H groups in total. The zero-order chi connectivity index (χ0) is 22.2. The number of aliphatic carboxylic acids is 1. The van der Waals surface area contributed by atoms with E-state index in [2.05, 4.69) is 25.6 Å². The van der Waals surface area contributed by atoms with Crippen molar-refractivity contribution in [1.82, 2.24) is 0 Å². The SMILES string of the molecule is C=C(C)C(=O)O.CCCCCCCCCCCCCCCCCCC=C(C)C#N. The summed E-state index contributed by atoms with van der Waals surface area (Å²) in [6.45, 7) is 8.78. The van der Waals surface area contributed by atoms with Gasteiger partial charge in [0.25, 0.3) is 0 Å². The molecular formula is C26H47NO2. The van der Waals surface area contributed by atoms with Gasteiger partial charge in [0.05, 0.1) is 6.07 Å². The number of unbranched alkanes of at least 4 members (excludes halogenated alkanes) is 16. The number of nitriles is 1. The van der Waals surface area contributed by atoms with Gasteiger partial charge in [-0.15, -0.1) is 0 Å². The van der Waals surface area contributed by atoms with Crippen LogP contribution in [0.4, 0.5) is 0 Å². The van der Waals surface area contributed by atoms with Gasteiger partial charge in [0.1, 0.15) is 0 Å². The Balaban J connectivity index is 0. The Bertz CT molecular complexity index is 448. The van der Waals surface area contributed by atoms with E-state index in [1.807, 2.05) is 6.92 Å². The van der Waals surface area contributed by atoms with Crippen LogP contribution in [-0.4, -0.2) is 11.1 Å². The van der Waals surface area contributed by atoms with Crippen LogP contribution in [0.5, 0.6) is 0 Å². The highest BCUT2D eigenvalue weighted by atomic mass is 16.4. The maximum absolute atomic E-state index is 9.60. The second-order valence-electron chi connectivity index (χ2n) is 8.18. The zero-order valence-corrected chi connectivity index (χ0v) is 19.6. The monoisotopic (exact) mass is 405 g/mol. The molecule has 3 nitrogen and oxygen atoms in total. The molecule has 0 bridgehead atoms. The van der Waals surface area contributed by atoms with Crippen molar-refractivity contribution in [2.24, 2.45) is 0 Å². The Morgan fingerprint density at radius 2 is 1.10 bits per heavy atom. The minimum atomic E-state index is -0.935. The van der Waals surface area contributed by atoms with Crippen LogP contribution in [0.25, 0.3) is 0 Å². The van der Waals surface area contributed by atoms with E-state index in [1.54, 1.807) is 0 Å². The lowest BCUT2D eigenvalue weighted by Gasteiger charge is -2.03. The molecule has 0 spiro atoms. The smallest absolute Gasteiger partial charge is 0.330 e. The summed E-state index contributed by atoms with van der Waals surface area (Å²) >= 11 is 0. The Hall–Kier alpha value is -1.56. The summed E-state index contributed by atoms with van der Waals surface area (Å²) in [6.07, 6.45) is 25.8. The summed E-state index contributed by atoms with van der Waals surface area (Å²) in [6, 6.07) is 2.18. The van der Waals surface area contributed by atoms with E-state index in [1.165, 1.54) is 110 Å². The molecule has 0 saturated heterocycles. The first-order valence-corrected chi connectivity index (χ1v) is 11.9. The fraction of sp³-hybridized carbons (Fsp3) is 0.769. The van der Waals surface area contributed by atoms with Crippen LogP contribution in [0.3, 0.4) is 0 Å². The van der Waals surface area contributed by atoms with Crippen molar-refractivity contribution in [3.05, 3.63) is 23.8 Å². The molecule has 0 radical (unpaired) electrons. The number of nitrogens with zero attached hydrogens (tertiary/aromatic N) is 1. The average Bonchev–Trinajstić information content (AvgIpc) is 2.70. The summed E-state index contributed by atoms with van der Waals surface area (Å²) < 4.78 is 0. The maximum Gasteiger partial charge on any atom is 0.330 e. The van der Waals surface area contributed by atoms with E-state index in [4.69, 9.17) is 10.4 Å². The predicted octanol–water partition coefficient (Wildman–Crippen LogP) is 8.75. The van der Waals surface area contributed by atoms with Gasteiger partial charge in [-0.1, -0.05) is 116 Å². The molecule has 0 aliphatic carbocycles. The van der Waals surface area contributed by atoms with Crippen molar-refractivity contribution in [1.29, 1.82) is 5.26 Å². The molecule has 29 heavy (non-hydrogen) atoms. The van der Waals surface area contributed by atoms with Gasteiger partial charge in [0.2, 0.25) is 0 Å². The number of hydrogen-bond acceptors (Lipinski definition) is 2. The molecule has 0 unspecified atom stereocenters. The minimum absolute atomic E-state index is 0.176. The molecule has 0 aromatic heterocycles. The normalized spacial score (nSPS) is 10.8. The summed E-state index contributed by atoms with van der Waals surface area (Å²) in [5.41, 5.74) is 1.04. The van der Waals surface area contributed by atoms with Crippen molar-refractivity contribution in [3.8, 4) is 6.07 Å². The van der Waals surface area contributed by atoms with Crippen molar-refractivity contribution in [2.45, 2.75) is 130 Å². The van der Waals surface area contributed by atoms with E-state index in [0.717, 1.165) is 12.0 Å². The third kappa shape index (κ3) is 28.7. The first-order valence-electron chi connectivity index (χ1n) is 11.9. The van der Waals surface area contributed by atoms with Crippen LogP contribution in [0, 0.1) is 11.3 Å². The number of hydrogen-bond donors (Lipinski definition) is 1. The first-order chi connectivity index (χ1) is 14.0. The van der Waals surface area contributed by atoms with Gasteiger partial charge >= 0.3 is 5.97 Å². The number of carbonyl (C=O) groups is 1. The van der Waals surface area contributed by atoms with Gasteiger partial charge in [-0.05, 0) is 26.7 Å². The molecular weight excluding hydrogens is 358 g/mol. The lowest BCUT2D eigenvalue weighted by molar-refractivity contribution is -0.132. The highest BCUT2D eigenvalue weighted by Gasteiger charge is 1.94. The number of carboxylic acid groups (broad SMARTS) is 1. The molecule has 0 fully saturated rings. The van der Waals surface area contributed by atoms with Crippen molar-refractivity contribution in [3.63, 3.8) is 0 Å². The van der Waals surface area contributed by atoms with Gasteiger partial charge in [0, 0.05) is 11.1 Å². The average molecular weight is 406 g/mol. The van der Waals surface area contributed by atoms with Crippen molar-refractivity contribution < 1.29 is 9.90 Å². The second-order valence-corrected chi connectivity index (χ2v) is 8.18. The fourth-order valence-electron chi connectivity index (χ4n) is 3.06. The van der Waals surface area contributed by atoms with Crippen LogP contribution < -0.4 is 0 Å². The molecule has 0 aromatic carbocycles. The van der Waals surface area contributed by atoms with E-state index < -0.39 is 5.97 Å². The van der Waals surface area contributed by atoms with E-state index in [-0.39, 0.29) is 5.57 Å².